The smallest absolute Gasteiger partial charge is 0.150 e. The number of hydrogen-bond donors (Lipinski definition) is 1. The van der Waals surface area contributed by atoms with Crippen LogP contribution in [0.1, 0.15) is 12.0 Å². The van der Waals surface area contributed by atoms with Crippen molar-refractivity contribution >= 4 is 15.5 Å². The van der Waals surface area contributed by atoms with Gasteiger partial charge in [0.05, 0.1) is 11.5 Å². The van der Waals surface area contributed by atoms with Gasteiger partial charge in [0.1, 0.15) is 11.5 Å². The lowest BCUT2D eigenvalue weighted by molar-refractivity contribution is 0.479. The Balaban J connectivity index is 1.63. The third kappa shape index (κ3) is 4.26. The van der Waals surface area contributed by atoms with Crippen molar-refractivity contribution in [2.75, 3.05) is 23.4 Å². The Bertz CT molecular complexity index is 786. The van der Waals surface area contributed by atoms with E-state index in [1.165, 1.54) is 0 Å². The second-order valence-corrected chi connectivity index (χ2v) is 8.27. The van der Waals surface area contributed by atoms with Crippen LogP contribution in [0, 0.1) is 12.8 Å². The Kier molecular flexibility index (Phi) is 4.57. The summed E-state index contributed by atoms with van der Waals surface area (Å²) in [4.78, 5) is 0. The van der Waals surface area contributed by atoms with Gasteiger partial charge in [-0.15, -0.1) is 0 Å². The molecule has 1 fully saturated rings. The van der Waals surface area contributed by atoms with Crippen LogP contribution in [0.4, 0.5) is 5.69 Å². The molecule has 0 spiro atoms. The number of para-hydroxylation sites is 1. The Morgan fingerprint density at radius 2 is 2.00 bits per heavy atom. The summed E-state index contributed by atoms with van der Waals surface area (Å²) in [5, 5.41) is 3.32. The predicted molar refractivity (Wildman–Crippen MR) is 92.9 cm³/mol. The summed E-state index contributed by atoms with van der Waals surface area (Å²) < 4.78 is 28.9. The first-order valence-corrected chi connectivity index (χ1v) is 9.62. The first-order chi connectivity index (χ1) is 11.0. The molecule has 0 bridgehead atoms. The highest BCUT2D eigenvalue weighted by Crippen LogP contribution is 2.27. The molecule has 0 saturated carbocycles. The van der Waals surface area contributed by atoms with Crippen molar-refractivity contribution < 1.29 is 13.2 Å². The lowest BCUT2D eigenvalue weighted by atomic mass is 10.1. The van der Waals surface area contributed by atoms with Crippen molar-refractivity contribution in [2.45, 2.75) is 13.3 Å². The highest BCUT2D eigenvalue weighted by atomic mass is 32.2. The van der Waals surface area contributed by atoms with E-state index in [0.717, 1.165) is 29.2 Å². The lowest BCUT2D eigenvalue weighted by Crippen LogP contribution is -2.15. The third-order valence-electron chi connectivity index (χ3n) is 4.08. The number of hydrogen-bond acceptors (Lipinski definition) is 4. The van der Waals surface area contributed by atoms with E-state index >= 15 is 0 Å². The molecule has 5 heteroatoms. The van der Waals surface area contributed by atoms with Crippen LogP contribution in [0.25, 0.3) is 0 Å². The minimum atomic E-state index is -2.82. The molecule has 3 rings (SSSR count). The Morgan fingerprint density at radius 3 is 2.74 bits per heavy atom. The van der Waals surface area contributed by atoms with Gasteiger partial charge < -0.3 is 10.1 Å². The van der Waals surface area contributed by atoms with Crippen LogP contribution >= 0.6 is 0 Å². The molecule has 1 unspecified atom stereocenters. The molecular formula is C18H21NO3S. The van der Waals surface area contributed by atoms with E-state index < -0.39 is 9.84 Å². The van der Waals surface area contributed by atoms with Crippen molar-refractivity contribution in [1.29, 1.82) is 0 Å². The zero-order chi connectivity index (χ0) is 16.3. The number of aryl methyl sites for hydroxylation is 1. The van der Waals surface area contributed by atoms with E-state index in [1.807, 2.05) is 55.5 Å². The molecule has 0 aliphatic carbocycles. The standard InChI is InChI=1S/C18H21NO3S/c1-14-5-2-3-8-18(14)22-17-7-4-6-16(11-17)19-12-15-9-10-23(20,21)13-15/h2-8,11,15,19H,9-10,12-13H2,1H3. The molecule has 0 amide bonds. The molecule has 1 aliphatic rings. The Hall–Kier alpha value is -2.01. The van der Waals surface area contributed by atoms with E-state index in [1.54, 1.807) is 0 Å². The van der Waals surface area contributed by atoms with Crippen LogP contribution in [-0.4, -0.2) is 26.5 Å². The quantitative estimate of drug-likeness (QED) is 0.909. The van der Waals surface area contributed by atoms with E-state index in [4.69, 9.17) is 4.74 Å². The molecular weight excluding hydrogens is 310 g/mol. The average Bonchev–Trinajstić information content (AvgIpc) is 2.87. The van der Waals surface area contributed by atoms with Crippen LogP contribution in [-0.2, 0) is 9.84 Å². The normalized spacial score (nSPS) is 19.4. The molecule has 1 N–H and O–H groups in total. The number of ether oxygens (including phenoxy) is 1. The highest BCUT2D eigenvalue weighted by molar-refractivity contribution is 7.91. The van der Waals surface area contributed by atoms with Crippen LogP contribution in [0.15, 0.2) is 48.5 Å². The zero-order valence-electron chi connectivity index (χ0n) is 13.2. The van der Waals surface area contributed by atoms with Gasteiger partial charge in [0, 0.05) is 18.3 Å². The number of sulfone groups is 1. The molecule has 122 valence electrons. The largest absolute Gasteiger partial charge is 0.457 e. The van der Waals surface area contributed by atoms with Crippen LogP contribution in [0.5, 0.6) is 11.5 Å². The lowest BCUT2D eigenvalue weighted by Gasteiger charge is -2.13. The Labute approximate surface area is 137 Å². The summed E-state index contributed by atoms with van der Waals surface area (Å²) in [5.74, 6) is 2.41. The van der Waals surface area contributed by atoms with Crippen molar-refractivity contribution in [2.24, 2.45) is 5.92 Å². The second-order valence-electron chi connectivity index (χ2n) is 6.05. The molecule has 0 radical (unpaired) electrons. The van der Waals surface area contributed by atoms with Gasteiger partial charge in [0.25, 0.3) is 0 Å². The maximum atomic E-state index is 11.5. The van der Waals surface area contributed by atoms with Gasteiger partial charge in [-0.1, -0.05) is 24.3 Å². The summed E-state index contributed by atoms with van der Waals surface area (Å²) in [6.07, 6.45) is 0.745. The Morgan fingerprint density at radius 1 is 1.17 bits per heavy atom. The minimum Gasteiger partial charge on any atom is -0.457 e. The molecule has 2 aromatic carbocycles. The summed E-state index contributed by atoms with van der Waals surface area (Å²) in [6, 6.07) is 15.6. The first-order valence-electron chi connectivity index (χ1n) is 7.80. The van der Waals surface area contributed by atoms with E-state index in [-0.39, 0.29) is 5.92 Å². The predicted octanol–water partition coefficient (Wildman–Crippen LogP) is 3.63. The average molecular weight is 331 g/mol. The van der Waals surface area contributed by atoms with Gasteiger partial charge in [-0.25, -0.2) is 8.42 Å². The van der Waals surface area contributed by atoms with Gasteiger partial charge in [-0.2, -0.15) is 0 Å². The maximum absolute atomic E-state index is 11.5. The zero-order valence-corrected chi connectivity index (χ0v) is 14.0. The fourth-order valence-electron chi connectivity index (χ4n) is 2.76. The van der Waals surface area contributed by atoms with Gasteiger partial charge in [-0.05, 0) is 43.0 Å². The number of nitrogens with one attached hydrogen (secondary N) is 1. The van der Waals surface area contributed by atoms with Gasteiger partial charge in [-0.3, -0.25) is 0 Å². The molecule has 1 heterocycles. The summed E-state index contributed by atoms with van der Waals surface area (Å²) in [7, 11) is -2.82. The number of rotatable bonds is 5. The molecule has 1 aliphatic heterocycles. The van der Waals surface area contributed by atoms with Crippen LogP contribution < -0.4 is 10.1 Å². The van der Waals surface area contributed by atoms with Crippen molar-refractivity contribution in [3.8, 4) is 11.5 Å². The van der Waals surface area contributed by atoms with E-state index in [9.17, 15) is 8.42 Å². The van der Waals surface area contributed by atoms with Crippen molar-refractivity contribution in [3.63, 3.8) is 0 Å². The molecule has 0 aromatic heterocycles. The number of anilines is 1. The van der Waals surface area contributed by atoms with Crippen molar-refractivity contribution in [1.82, 2.24) is 0 Å². The fourth-order valence-corrected chi connectivity index (χ4v) is 4.62. The molecule has 2 aromatic rings. The van der Waals surface area contributed by atoms with Gasteiger partial charge in [0.2, 0.25) is 0 Å². The number of benzene rings is 2. The molecule has 1 atom stereocenters. The summed E-state index contributed by atoms with van der Waals surface area (Å²) in [6.45, 7) is 2.69. The van der Waals surface area contributed by atoms with E-state index in [2.05, 4.69) is 5.32 Å². The molecule has 23 heavy (non-hydrogen) atoms. The second kappa shape index (κ2) is 6.62. The fraction of sp³-hybridized carbons (Fsp3) is 0.333. The minimum absolute atomic E-state index is 0.195. The topological polar surface area (TPSA) is 55.4 Å². The van der Waals surface area contributed by atoms with Gasteiger partial charge >= 0.3 is 0 Å². The first kappa shape index (κ1) is 15.9. The molecule has 1 saturated heterocycles. The maximum Gasteiger partial charge on any atom is 0.150 e. The van der Waals surface area contributed by atoms with E-state index in [0.29, 0.717) is 18.1 Å². The third-order valence-corrected chi connectivity index (χ3v) is 5.91. The van der Waals surface area contributed by atoms with Crippen LogP contribution in [0.3, 0.4) is 0 Å². The summed E-state index contributed by atoms with van der Waals surface area (Å²) >= 11 is 0. The van der Waals surface area contributed by atoms with Crippen molar-refractivity contribution in [3.05, 3.63) is 54.1 Å². The monoisotopic (exact) mass is 331 g/mol. The highest BCUT2D eigenvalue weighted by Gasteiger charge is 2.27. The van der Waals surface area contributed by atoms with Crippen LogP contribution in [0.2, 0.25) is 0 Å². The SMILES string of the molecule is Cc1ccccc1Oc1cccc(NCC2CCS(=O)(=O)C2)c1. The summed E-state index contributed by atoms with van der Waals surface area (Å²) in [5.41, 5.74) is 2.03. The molecule has 4 nitrogen and oxygen atoms in total. The van der Waals surface area contributed by atoms with Gasteiger partial charge in [0.15, 0.2) is 9.84 Å².